The molecular weight excluding hydrogens is 284 g/mol. The van der Waals surface area contributed by atoms with Gasteiger partial charge in [0.2, 0.25) is 5.91 Å². The Bertz CT molecular complexity index is 582. The minimum atomic E-state index is -0.205. The molecule has 0 aromatic heterocycles. The van der Waals surface area contributed by atoms with Gasteiger partial charge in [-0.05, 0) is 37.5 Å². The Morgan fingerprint density at radius 1 is 1.45 bits per heavy atom. The molecule has 0 spiro atoms. The average Bonchev–Trinajstić information content (AvgIpc) is 3.01. The van der Waals surface area contributed by atoms with Gasteiger partial charge in [0.1, 0.15) is 12.3 Å². The molecule has 0 aliphatic carbocycles. The lowest BCUT2D eigenvalue weighted by Gasteiger charge is -2.29. The van der Waals surface area contributed by atoms with Crippen LogP contribution in [0.25, 0.3) is 0 Å². The van der Waals surface area contributed by atoms with Crippen LogP contribution in [0.4, 0.5) is 5.69 Å². The van der Waals surface area contributed by atoms with Crippen molar-refractivity contribution in [2.24, 2.45) is 0 Å². The van der Waals surface area contributed by atoms with Gasteiger partial charge in [-0.15, -0.1) is 0 Å². The number of aryl methyl sites for hydroxylation is 1. The lowest BCUT2D eigenvalue weighted by molar-refractivity contribution is -0.125. The van der Waals surface area contributed by atoms with Gasteiger partial charge in [-0.2, -0.15) is 0 Å². The number of rotatable bonds is 4. The van der Waals surface area contributed by atoms with E-state index >= 15 is 0 Å². The van der Waals surface area contributed by atoms with Gasteiger partial charge in [0.15, 0.2) is 6.61 Å². The molecule has 2 amide bonds. The second-order valence-electron chi connectivity index (χ2n) is 5.68. The molecule has 1 N–H and O–H groups in total. The molecule has 118 valence electrons. The Kier molecular flexibility index (Phi) is 4.29. The van der Waals surface area contributed by atoms with Crippen molar-refractivity contribution in [3.05, 3.63) is 23.8 Å². The lowest BCUT2D eigenvalue weighted by atomic mass is 10.1. The molecule has 2 heterocycles. The molecule has 6 nitrogen and oxygen atoms in total. The van der Waals surface area contributed by atoms with Gasteiger partial charge in [0.05, 0.1) is 11.8 Å². The van der Waals surface area contributed by atoms with Crippen LogP contribution in [0.1, 0.15) is 18.4 Å². The molecule has 3 rings (SSSR count). The van der Waals surface area contributed by atoms with Gasteiger partial charge in [-0.1, -0.05) is 6.07 Å². The second-order valence-corrected chi connectivity index (χ2v) is 5.68. The van der Waals surface area contributed by atoms with Crippen LogP contribution in [0, 0.1) is 6.92 Å². The van der Waals surface area contributed by atoms with E-state index in [-0.39, 0.29) is 31.1 Å². The third-order valence-corrected chi connectivity index (χ3v) is 3.91. The number of fused-ring (bicyclic) bond motifs is 1. The van der Waals surface area contributed by atoms with Crippen LogP contribution in [-0.2, 0) is 14.3 Å². The van der Waals surface area contributed by atoms with Crippen molar-refractivity contribution < 1.29 is 19.1 Å². The normalized spacial score (nSPS) is 20.5. The number of anilines is 1. The maximum Gasteiger partial charge on any atom is 0.265 e. The first kappa shape index (κ1) is 14.8. The van der Waals surface area contributed by atoms with Gasteiger partial charge < -0.3 is 14.8 Å². The highest BCUT2D eigenvalue weighted by molar-refractivity contribution is 6.02. The summed E-state index contributed by atoms with van der Waals surface area (Å²) in [5.74, 6) is 0.257. The van der Waals surface area contributed by atoms with Crippen LogP contribution in [0.15, 0.2) is 18.2 Å². The van der Waals surface area contributed by atoms with E-state index in [1.165, 1.54) is 4.90 Å². The quantitative estimate of drug-likeness (QED) is 0.901. The number of nitrogens with one attached hydrogen (secondary N) is 1. The maximum atomic E-state index is 12.1. The van der Waals surface area contributed by atoms with Crippen molar-refractivity contribution in [1.82, 2.24) is 5.32 Å². The van der Waals surface area contributed by atoms with Crippen molar-refractivity contribution in [1.29, 1.82) is 0 Å². The highest BCUT2D eigenvalue weighted by Gasteiger charge is 2.27. The van der Waals surface area contributed by atoms with E-state index in [4.69, 9.17) is 9.47 Å². The number of amides is 2. The molecule has 1 atom stereocenters. The number of hydrogen-bond acceptors (Lipinski definition) is 4. The third kappa shape index (κ3) is 3.22. The SMILES string of the molecule is Cc1ccc2c(c1)OCC(=O)N2CC(=O)NCC1CCCO1. The van der Waals surface area contributed by atoms with Crippen molar-refractivity contribution >= 4 is 17.5 Å². The van der Waals surface area contributed by atoms with Crippen molar-refractivity contribution in [2.45, 2.75) is 25.9 Å². The number of carbonyl (C=O) groups excluding carboxylic acids is 2. The molecule has 1 saturated heterocycles. The van der Waals surface area contributed by atoms with E-state index in [2.05, 4.69) is 5.32 Å². The fourth-order valence-corrected chi connectivity index (χ4v) is 2.72. The zero-order chi connectivity index (χ0) is 15.5. The van der Waals surface area contributed by atoms with Gasteiger partial charge >= 0.3 is 0 Å². The van der Waals surface area contributed by atoms with Gasteiger partial charge in [0.25, 0.3) is 5.91 Å². The highest BCUT2D eigenvalue weighted by atomic mass is 16.5. The number of carbonyl (C=O) groups is 2. The topological polar surface area (TPSA) is 67.9 Å². The van der Waals surface area contributed by atoms with Crippen LogP contribution in [0.3, 0.4) is 0 Å². The molecule has 0 saturated carbocycles. The predicted octanol–water partition coefficient (Wildman–Crippen LogP) is 1.02. The van der Waals surface area contributed by atoms with Crippen LogP contribution in [0.5, 0.6) is 5.75 Å². The molecule has 0 bridgehead atoms. The summed E-state index contributed by atoms with van der Waals surface area (Å²) in [4.78, 5) is 25.6. The number of hydrogen-bond donors (Lipinski definition) is 1. The van der Waals surface area contributed by atoms with Gasteiger partial charge in [-0.25, -0.2) is 0 Å². The zero-order valence-corrected chi connectivity index (χ0v) is 12.6. The fourth-order valence-electron chi connectivity index (χ4n) is 2.72. The number of ether oxygens (including phenoxy) is 2. The van der Waals surface area contributed by atoms with Crippen LogP contribution < -0.4 is 15.0 Å². The monoisotopic (exact) mass is 304 g/mol. The van der Waals surface area contributed by atoms with Crippen LogP contribution in [0.2, 0.25) is 0 Å². The van der Waals surface area contributed by atoms with E-state index in [0.717, 1.165) is 25.0 Å². The summed E-state index contributed by atoms with van der Waals surface area (Å²) in [5.41, 5.74) is 1.70. The van der Waals surface area contributed by atoms with Crippen LogP contribution >= 0.6 is 0 Å². The molecule has 6 heteroatoms. The summed E-state index contributed by atoms with van der Waals surface area (Å²) in [6.45, 7) is 3.19. The van der Waals surface area contributed by atoms with E-state index in [1.807, 2.05) is 25.1 Å². The van der Waals surface area contributed by atoms with E-state index in [1.54, 1.807) is 0 Å². The Labute approximate surface area is 129 Å². The van der Waals surface area contributed by atoms with E-state index < -0.39 is 0 Å². The first-order chi connectivity index (χ1) is 10.6. The third-order valence-electron chi connectivity index (χ3n) is 3.91. The Hall–Kier alpha value is -2.08. The summed E-state index contributed by atoms with van der Waals surface area (Å²) in [5, 5.41) is 2.84. The average molecular weight is 304 g/mol. The van der Waals surface area contributed by atoms with Crippen molar-refractivity contribution in [3.8, 4) is 5.75 Å². The summed E-state index contributed by atoms with van der Waals surface area (Å²) in [7, 11) is 0. The minimum Gasteiger partial charge on any atom is -0.482 e. The van der Waals surface area contributed by atoms with Crippen molar-refractivity contribution in [3.63, 3.8) is 0 Å². The smallest absolute Gasteiger partial charge is 0.265 e. The zero-order valence-electron chi connectivity index (χ0n) is 12.6. The molecule has 1 fully saturated rings. The predicted molar refractivity (Wildman–Crippen MR) is 81.0 cm³/mol. The fraction of sp³-hybridized carbons (Fsp3) is 0.500. The standard InChI is InChI=1S/C16H20N2O4/c1-11-4-5-13-14(7-11)22-10-16(20)18(13)9-15(19)17-8-12-3-2-6-21-12/h4-5,7,12H,2-3,6,8-10H2,1H3,(H,17,19). The van der Waals surface area contributed by atoms with E-state index in [0.29, 0.717) is 18.0 Å². The summed E-state index contributed by atoms with van der Waals surface area (Å²) >= 11 is 0. The van der Waals surface area contributed by atoms with Gasteiger partial charge in [0, 0.05) is 13.2 Å². The second kappa shape index (κ2) is 6.36. The number of benzene rings is 1. The summed E-state index contributed by atoms with van der Waals surface area (Å²) in [6, 6.07) is 5.59. The molecule has 0 radical (unpaired) electrons. The molecule has 1 unspecified atom stereocenters. The molecule has 1 aromatic carbocycles. The molecular formula is C16H20N2O4. The largest absolute Gasteiger partial charge is 0.482 e. The first-order valence-corrected chi connectivity index (χ1v) is 7.55. The summed E-state index contributed by atoms with van der Waals surface area (Å²) < 4.78 is 10.9. The molecule has 2 aliphatic rings. The lowest BCUT2D eigenvalue weighted by Crippen LogP contribution is -2.46. The minimum absolute atomic E-state index is 0.00493. The van der Waals surface area contributed by atoms with Crippen molar-refractivity contribution in [2.75, 3.05) is 31.2 Å². The highest BCUT2D eigenvalue weighted by Crippen LogP contribution is 2.32. The molecule has 1 aromatic rings. The maximum absolute atomic E-state index is 12.1. The Morgan fingerprint density at radius 3 is 3.09 bits per heavy atom. The Balaban J connectivity index is 1.63. The first-order valence-electron chi connectivity index (χ1n) is 7.55. The number of nitrogens with zero attached hydrogens (tertiary/aromatic N) is 1. The molecule has 22 heavy (non-hydrogen) atoms. The molecule has 2 aliphatic heterocycles. The van der Waals surface area contributed by atoms with Gasteiger partial charge in [-0.3, -0.25) is 14.5 Å². The Morgan fingerprint density at radius 2 is 2.32 bits per heavy atom. The van der Waals surface area contributed by atoms with Crippen LogP contribution in [-0.4, -0.2) is 44.2 Å². The summed E-state index contributed by atoms with van der Waals surface area (Å²) in [6.07, 6.45) is 2.10. The van der Waals surface area contributed by atoms with E-state index in [9.17, 15) is 9.59 Å².